The number of fused-ring (bicyclic) bond motifs is 1. The van der Waals surface area contributed by atoms with E-state index in [4.69, 9.17) is 9.94 Å². The van der Waals surface area contributed by atoms with E-state index in [1.807, 2.05) is 42.6 Å². The highest BCUT2D eigenvalue weighted by Gasteiger charge is 2.05. The lowest BCUT2D eigenvalue weighted by Crippen LogP contribution is -2.04. The number of nitrogens with zero attached hydrogens (tertiary/aromatic N) is 3. The van der Waals surface area contributed by atoms with Crippen LogP contribution in [0.5, 0.6) is 5.75 Å². The molecule has 0 radical (unpaired) electrons. The first-order valence-electron chi connectivity index (χ1n) is 8.61. The first-order chi connectivity index (χ1) is 12.8. The highest BCUT2D eigenvalue weighted by atomic mass is 35.5. The second-order valence-electron chi connectivity index (χ2n) is 5.89. The number of hydrogen-bond acceptors (Lipinski definition) is 6. The Morgan fingerprint density at radius 1 is 1.15 bits per heavy atom. The lowest BCUT2D eigenvalue weighted by molar-refractivity contribution is 0.321. The molecule has 0 amide bonds. The van der Waals surface area contributed by atoms with Crippen molar-refractivity contribution in [1.82, 2.24) is 9.97 Å². The fourth-order valence-corrected chi connectivity index (χ4v) is 2.87. The summed E-state index contributed by atoms with van der Waals surface area (Å²) < 4.78 is 5.20. The van der Waals surface area contributed by atoms with Crippen LogP contribution in [0.2, 0.25) is 0 Å². The predicted molar refractivity (Wildman–Crippen MR) is 111 cm³/mol. The smallest absolute Gasteiger partial charge is 0.146 e. The number of halogens is 1. The van der Waals surface area contributed by atoms with Crippen LogP contribution in [-0.4, -0.2) is 35.0 Å². The zero-order valence-corrected chi connectivity index (χ0v) is 15.9. The summed E-state index contributed by atoms with van der Waals surface area (Å²) in [5.74, 6) is 0.595. The Morgan fingerprint density at radius 2 is 2.00 bits per heavy atom. The standard InChI is InChI=1S/C20H22N4O2.ClH/c1-26-20-10-9-15(24-19(20)14-23-25)6-4-5-12-21-18-11-13-22-17-8-3-2-7-16(17)18;/h2-3,7-11,13-14,25H,4-6,12H2,1H3,(H,21,22);1H/b23-14+;. The number of aromatic nitrogens is 2. The summed E-state index contributed by atoms with van der Waals surface area (Å²) in [5.41, 5.74) is 3.60. The minimum absolute atomic E-state index is 0. The molecule has 2 aromatic heterocycles. The van der Waals surface area contributed by atoms with Gasteiger partial charge in [0.2, 0.25) is 0 Å². The molecule has 0 saturated heterocycles. The number of rotatable bonds is 8. The van der Waals surface area contributed by atoms with Crippen LogP contribution in [0.25, 0.3) is 10.9 Å². The molecule has 0 fully saturated rings. The molecular formula is C20H23ClN4O2. The van der Waals surface area contributed by atoms with Gasteiger partial charge in [0.15, 0.2) is 0 Å². The third-order valence-corrected chi connectivity index (χ3v) is 4.17. The van der Waals surface area contributed by atoms with Crippen LogP contribution in [0.3, 0.4) is 0 Å². The Bertz CT molecular complexity index is 897. The molecule has 142 valence electrons. The quantitative estimate of drug-likeness (QED) is 0.261. The van der Waals surface area contributed by atoms with Crippen LogP contribution in [-0.2, 0) is 6.42 Å². The van der Waals surface area contributed by atoms with Gasteiger partial charge in [-0.2, -0.15) is 0 Å². The van der Waals surface area contributed by atoms with E-state index in [1.165, 1.54) is 6.21 Å². The molecule has 0 saturated carbocycles. The number of benzene rings is 1. The van der Waals surface area contributed by atoms with Gasteiger partial charge in [-0.05, 0) is 43.5 Å². The maximum absolute atomic E-state index is 8.72. The molecule has 0 aliphatic heterocycles. The molecule has 0 aliphatic carbocycles. The summed E-state index contributed by atoms with van der Waals surface area (Å²) in [6.45, 7) is 0.884. The molecule has 2 heterocycles. The zero-order chi connectivity index (χ0) is 18.2. The highest BCUT2D eigenvalue weighted by molar-refractivity contribution is 5.90. The molecule has 6 nitrogen and oxygen atoms in total. The number of anilines is 1. The fourth-order valence-electron chi connectivity index (χ4n) is 2.87. The van der Waals surface area contributed by atoms with Gasteiger partial charge < -0.3 is 15.3 Å². The number of aryl methyl sites for hydroxylation is 1. The number of oxime groups is 1. The van der Waals surface area contributed by atoms with Gasteiger partial charge in [-0.1, -0.05) is 23.4 Å². The Labute approximate surface area is 164 Å². The van der Waals surface area contributed by atoms with Crippen LogP contribution in [0.15, 0.2) is 53.8 Å². The lowest BCUT2D eigenvalue weighted by atomic mass is 10.1. The summed E-state index contributed by atoms with van der Waals surface area (Å²) in [5, 5.41) is 16.4. The summed E-state index contributed by atoms with van der Waals surface area (Å²) in [7, 11) is 1.57. The molecule has 0 spiro atoms. The molecule has 3 rings (SSSR count). The maximum atomic E-state index is 8.72. The monoisotopic (exact) mass is 386 g/mol. The fraction of sp³-hybridized carbons (Fsp3) is 0.250. The number of hydrogen-bond donors (Lipinski definition) is 2. The van der Waals surface area contributed by atoms with Crippen molar-refractivity contribution >= 4 is 35.2 Å². The lowest BCUT2D eigenvalue weighted by Gasteiger charge is -2.09. The van der Waals surface area contributed by atoms with Gasteiger partial charge in [0.05, 0.1) is 18.8 Å². The van der Waals surface area contributed by atoms with Crippen molar-refractivity contribution in [3.63, 3.8) is 0 Å². The van der Waals surface area contributed by atoms with Crippen molar-refractivity contribution in [3.8, 4) is 5.75 Å². The van der Waals surface area contributed by atoms with Crippen molar-refractivity contribution in [3.05, 3.63) is 60.0 Å². The van der Waals surface area contributed by atoms with E-state index in [1.54, 1.807) is 7.11 Å². The van der Waals surface area contributed by atoms with Crippen molar-refractivity contribution in [2.45, 2.75) is 19.3 Å². The van der Waals surface area contributed by atoms with Crippen LogP contribution < -0.4 is 10.1 Å². The Kier molecular flexibility index (Phi) is 7.82. The molecule has 1 aromatic carbocycles. The molecule has 3 aromatic rings. The van der Waals surface area contributed by atoms with Crippen LogP contribution in [0, 0.1) is 0 Å². The van der Waals surface area contributed by atoms with Crippen molar-refractivity contribution < 1.29 is 9.94 Å². The van der Waals surface area contributed by atoms with Gasteiger partial charge in [-0.3, -0.25) is 4.98 Å². The average Bonchev–Trinajstić information content (AvgIpc) is 2.68. The second-order valence-corrected chi connectivity index (χ2v) is 5.89. The van der Waals surface area contributed by atoms with Gasteiger partial charge in [0.1, 0.15) is 11.4 Å². The number of para-hydroxylation sites is 1. The molecule has 0 unspecified atom stereocenters. The molecule has 0 aliphatic rings. The zero-order valence-electron chi connectivity index (χ0n) is 15.1. The summed E-state index contributed by atoms with van der Waals surface area (Å²) in [6.07, 6.45) is 6.00. The third kappa shape index (κ3) is 5.31. The minimum atomic E-state index is 0. The average molecular weight is 387 g/mol. The number of pyridine rings is 2. The summed E-state index contributed by atoms with van der Waals surface area (Å²) >= 11 is 0. The van der Waals surface area contributed by atoms with Crippen LogP contribution in [0.1, 0.15) is 24.2 Å². The molecule has 27 heavy (non-hydrogen) atoms. The van der Waals surface area contributed by atoms with Gasteiger partial charge >= 0.3 is 0 Å². The number of unbranched alkanes of at least 4 members (excludes halogenated alkanes) is 1. The Balaban J connectivity index is 0.00000261. The van der Waals surface area contributed by atoms with Gasteiger partial charge in [-0.25, -0.2) is 4.98 Å². The Hall–Kier alpha value is -2.86. The van der Waals surface area contributed by atoms with Gasteiger partial charge in [-0.15, -0.1) is 12.4 Å². The molecule has 0 atom stereocenters. The first-order valence-corrected chi connectivity index (χ1v) is 8.61. The first kappa shape index (κ1) is 20.5. The summed E-state index contributed by atoms with van der Waals surface area (Å²) in [4.78, 5) is 8.84. The Morgan fingerprint density at radius 3 is 2.81 bits per heavy atom. The van der Waals surface area contributed by atoms with Gasteiger partial charge in [0, 0.05) is 29.5 Å². The van der Waals surface area contributed by atoms with E-state index in [0.29, 0.717) is 11.4 Å². The van der Waals surface area contributed by atoms with E-state index in [-0.39, 0.29) is 12.4 Å². The van der Waals surface area contributed by atoms with Crippen LogP contribution >= 0.6 is 12.4 Å². The predicted octanol–water partition coefficient (Wildman–Crippen LogP) is 4.30. The maximum Gasteiger partial charge on any atom is 0.146 e. The van der Waals surface area contributed by atoms with E-state index in [9.17, 15) is 0 Å². The van der Waals surface area contributed by atoms with Gasteiger partial charge in [0.25, 0.3) is 0 Å². The molecule has 7 heteroatoms. The van der Waals surface area contributed by atoms with E-state index in [0.717, 1.165) is 48.1 Å². The normalized spacial score (nSPS) is 10.7. The molecular weight excluding hydrogens is 364 g/mol. The van der Waals surface area contributed by atoms with Crippen LogP contribution in [0.4, 0.5) is 5.69 Å². The van der Waals surface area contributed by atoms with E-state index >= 15 is 0 Å². The third-order valence-electron chi connectivity index (χ3n) is 4.17. The largest absolute Gasteiger partial charge is 0.494 e. The number of nitrogens with one attached hydrogen (secondary N) is 1. The number of methoxy groups -OCH3 is 1. The topological polar surface area (TPSA) is 79.6 Å². The molecule has 0 bridgehead atoms. The van der Waals surface area contributed by atoms with Crippen molar-refractivity contribution in [2.24, 2.45) is 5.16 Å². The molecule has 2 N–H and O–H groups in total. The minimum Gasteiger partial charge on any atom is -0.494 e. The van der Waals surface area contributed by atoms with Crippen molar-refractivity contribution in [2.75, 3.05) is 19.0 Å². The highest BCUT2D eigenvalue weighted by Crippen LogP contribution is 2.21. The SMILES string of the molecule is COc1ccc(CCCCNc2ccnc3ccccc23)nc1/C=N/O.Cl. The van der Waals surface area contributed by atoms with E-state index in [2.05, 4.69) is 26.5 Å². The van der Waals surface area contributed by atoms with E-state index < -0.39 is 0 Å². The van der Waals surface area contributed by atoms with Crippen molar-refractivity contribution in [1.29, 1.82) is 0 Å². The second kappa shape index (κ2) is 10.3. The summed E-state index contributed by atoms with van der Waals surface area (Å²) in [6, 6.07) is 13.9. The number of ether oxygens (including phenoxy) is 1.